The van der Waals surface area contributed by atoms with Crippen LogP contribution in [0.5, 0.6) is 0 Å². The number of hydrogen-bond donors (Lipinski definition) is 0. The fourth-order valence-corrected chi connectivity index (χ4v) is 6.44. The monoisotopic (exact) mass is 415 g/mol. The number of pyridine rings is 1. The summed E-state index contributed by atoms with van der Waals surface area (Å²) in [6.45, 7) is 4.27. The maximum absolute atomic E-state index is 6.82. The van der Waals surface area contributed by atoms with Gasteiger partial charge in [-0.05, 0) is 66.6 Å². The summed E-state index contributed by atoms with van der Waals surface area (Å²) in [4.78, 5) is 4.70. The van der Waals surface area contributed by atoms with Gasteiger partial charge in [-0.15, -0.1) is 0 Å². The maximum atomic E-state index is 6.82. The first kappa shape index (κ1) is 18.2. The SMILES string of the molecule is Cc1ccnc(-c2c(C)ccc3c2oc2c4c(ccc23)C2(CCCC2)c2ccccc2-4)c1. The van der Waals surface area contributed by atoms with Gasteiger partial charge in [0.2, 0.25) is 0 Å². The second-order valence-corrected chi connectivity index (χ2v) is 9.65. The molecule has 5 aromatic rings. The van der Waals surface area contributed by atoms with Gasteiger partial charge in [-0.3, -0.25) is 4.98 Å². The molecular formula is C30H25NO. The zero-order chi connectivity index (χ0) is 21.4. The van der Waals surface area contributed by atoms with Gasteiger partial charge in [0.05, 0.1) is 5.69 Å². The Balaban J connectivity index is 1.60. The molecule has 2 aromatic heterocycles. The minimum absolute atomic E-state index is 0.163. The lowest BCUT2D eigenvalue weighted by Gasteiger charge is -2.26. The van der Waals surface area contributed by atoms with Crippen LogP contribution in [0.3, 0.4) is 0 Å². The molecular weight excluding hydrogens is 390 g/mol. The minimum atomic E-state index is 0.163. The van der Waals surface area contributed by atoms with Gasteiger partial charge in [-0.2, -0.15) is 0 Å². The van der Waals surface area contributed by atoms with Crippen molar-refractivity contribution < 1.29 is 4.42 Å². The summed E-state index contributed by atoms with van der Waals surface area (Å²) in [5.74, 6) is 0. The zero-order valence-corrected chi connectivity index (χ0v) is 18.5. The van der Waals surface area contributed by atoms with Gasteiger partial charge >= 0.3 is 0 Å². The van der Waals surface area contributed by atoms with E-state index in [1.165, 1.54) is 69.8 Å². The van der Waals surface area contributed by atoms with E-state index in [2.05, 4.69) is 68.4 Å². The third kappa shape index (κ3) is 2.22. The van der Waals surface area contributed by atoms with Crippen molar-refractivity contribution in [3.05, 3.63) is 89.1 Å². The largest absolute Gasteiger partial charge is 0.455 e. The normalized spacial score (nSPS) is 16.2. The highest BCUT2D eigenvalue weighted by Gasteiger charge is 2.46. The van der Waals surface area contributed by atoms with E-state index in [4.69, 9.17) is 9.40 Å². The van der Waals surface area contributed by atoms with Gasteiger partial charge in [-0.1, -0.05) is 61.4 Å². The Labute approximate surface area is 187 Å². The van der Waals surface area contributed by atoms with Crippen LogP contribution in [0.1, 0.15) is 47.9 Å². The van der Waals surface area contributed by atoms with E-state index in [1.807, 2.05) is 12.3 Å². The molecule has 1 fully saturated rings. The third-order valence-electron chi connectivity index (χ3n) is 7.87. The van der Waals surface area contributed by atoms with E-state index in [9.17, 15) is 0 Å². The van der Waals surface area contributed by atoms with E-state index in [1.54, 1.807) is 0 Å². The topological polar surface area (TPSA) is 26.0 Å². The summed E-state index contributed by atoms with van der Waals surface area (Å²) in [5, 5.41) is 2.38. The van der Waals surface area contributed by atoms with Gasteiger partial charge < -0.3 is 4.42 Å². The lowest BCUT2D eigenvalue weighted by atomic mass is 9.77. The Hall–Kier alpha value is -3.39. The first-order chi connectivity index (χ1) is 15.7. The molecule has 0 atom stereocenters. The fourth-order valence-electron chi connectivity index (χ4n) is 6.44. The minimum Gasteiger partial charge on any atom is -0.455 e. The number of furan rings is 1. The predicted octanol–water partition coefficient (Wildman–Crippen LogP) is 8.11. The molecule has 1 saturated carbocycles. The molecule has 3 aromatic carbocycles. The first-order valence-electron chi connectivity index (χ1n) is 11.7. The maximum Gasteiger partial charge on any atom is 0.145 e. The molecule has 0 amide bonds. The number of aryl methyl sites for hydroxylation is 2. The van der Waals surface area contributed by atoms with E-state index < -0.39 is 0 Å². The van der Waals surface area contributed by atoms with Gasteiger partial charge in [0.15, 0.2) is 0 Å². The smallest absolute Gasteiger partial charge is 0.145 e. The molecule has 0 N–H and O–H groups in total. The molecule has 1 spiro atoms. The fraction of sp³-hybridized carbons (Fsp3) is 0.233. The van der Waals surface area contributed by atoms with Crippen molar-refractivity contribution in [1.29, 1.82) is 0 Å². The number of rotatable bonds is 1. The van der Waals surface area contributed by atoms with Crippen molar-refractivity contribution in [2.45, 2.75) is 44.9 Å². The van der Waals surface area contributed by atoms with Crippen molar-refractivity contribution in [3.63, 3.8) is 0 Å². The summed E-state index contributed by atoms with van der Waals surface area (Å²) in [6.07, 6.45) is 6.96. The Bertz CT molecular complexity index is 1550. The molecule has 2 heterocycles. The molecule has 0 aliphatic heterocycles. The van der Waals surface area contributed by atoms with Gasteiger partial charge in [0, 0.05) is 33.5 Å². The van der Waals surface area contributed by atoms with Crippen LogP contribution in [0.2, 0.25) is 0 Å². The molecule has 0 saturated heterocycles. The molecule has 0 bridgehead atoms. The van der Waals surface area contributed by atoms with E-state index in [-0.39, 0.29) is 5.41 Å². The zero-order valence-electron chi connectivity index (χ0n) is 18.5. The summed E-state index contributed by atoms with van der Waals surface area (Å²) in [7, 11) is 0. The van der Waals surface area contributed by atoms with Gasteiger partial charge in [0.1, 0.15) is 11.2 Å². The summed E-state index contributed by atoms with van der Waals surface area (Å²) in [6, 6.07) is 22.3. The van der Waals surface area contributed by atoms with Crippen LogP contribution < -0.4 is 0 Å². The van der Waals surface area contributed by atoms with Crippen LogP contribution in [-0.4, -0.2) is 4.98 Å². The molecule has 32 heavy (non-hydrogen) atoms. The Morgan fingerprint density at radius 3 is 2.34 bits per heavy atom. The first-order valence-corrected chi connectivity index (χ1v) is 11.7. The Kier molecular flexibility index (Phi) is 3.60. The number of aromatic nitrogens is 1. The molecule has 0 radical (unpaired) electrons. The quantitative estimate of drug-likeness (QED) is 0.276. The van der Waals surface area contributed by atoms with Crippen molar-refractivity contribution in [3.8, 4) is 22.4 Å². The van der Waals surface area contributed by atoms with Crippen LogP contribution >= 0.6 is 0 Å². The molecule has 156 valence electrons. The van der Waals surface area contributed by atoms with E-state index in [0.29, 0.717) is 0 Å². The number of nitrogens with zero attached hydrogens (tertiary/aromatic N) is 1. The molecule has 7 rings (SSSR count). The highest BCUT2D eigenvalue weighted by atomic mass is 16.3. The second-order valence-electron chi connectivity index (χ2n) is 9.65. The van der Waals surface area contributed by atoms with Gasteiger partial charge in [0.25, 0.3) is 0 Å². The van der Waals surface area contributed by atoms with E-state index >= 15 is 0 Å². The summed E-state index contributed by atoms with van der Waals surface area (Å²) >= 11 is 0. The summed E-state index contributed by atoms with van der Waals surface area (Å²) in [5.41, 5.74) is 12.3. The molecule has 2 aliphatic carbocycles. The molecule has 2 heteroatoms. The Morgan fingerprint density at radius 1 is 0.781 bits per heavy atom. The van der Waals surface area contributed by atoms with Crippen molar-refractivity contribution in [2.75, 3.05) is 0 Å². The molecule has 2 aliphatic rings. The number of benzene rings is 3. The summed E-state index contributed by atoms with van der Waals surface area (Å²) < 4.78 is 6.82. The van der Waals surface area contributed by atoms with Crippen molar-refractivity contribution >= 4 is 21.9 Å². The van der Waals surface area contributed by atoms with Crippen molar-refractivity contribution in [2.24, 2.45) is 0 Å². The van der Waals surface area contributed by atoms with Crippen molar-refractivity contribution in [1.82, 2.24) is 4.98 Å². The highest BCUT2D eigenvalue weighted by molar-refractivity contribution is 6.14. The van der Waals surface area contributed by atoms with E-state index in [0.717, 1.165) is 22.4 Å². The van der Waals surface area contributed by atoms with Crippen LogP contribution in [0, 0.1) is 13.8 Å². The average Bonchev–Trinajstić information content (AvgIpc) is 3.50. The predicted molar refractivity (Wildman–Crippen MR) is 131 cm³/mol. The van der Waals surface area contributed by atoms with Gasteiger partial charge in [-0.25, -0.2) is 0 Å². The average molecular weight is 416 g/mol. The van der Waals surface area contributed by atoms with Crippen LogP contribution in [-0.2, 0) is 5.41 Å². The second kappa shape index (κ2) is 6.32. The van der Waals surface area contributed by atoms with Crippen LogP contribution in [0.25, 0.3) is 44.3 Å². The van der Waals surface area contributed by atoms with Crippen LogP contribution in [0.4, 0.5) is 0 Å². The lowest BCUT2D eigenvalue weighted by molar-refractivity contribution is 0.549. The third-order valence-corrected chi connectivity index (χ3v) is 7.87. The van der Waals surface area contributed by atoms with Crippen LogP contribution in [0.15, 0.2) is 71.3 Å². The Morgan fingerprint density at radius 2 is 1.53 bits per heavy atom. The molecule has 2 nitrogen and oxygen atoms in total. The standard InChI is InChI=1S/C30H25NO/c1-18-13-16-31-25(17-18)26-19(2)9-10-20-21-11-12-24-27(29(21)32-28(20)26)22-7-3-4-8-23(22)30(24)14-5-6-15-30/h3-4,7-13,16-17H,5-6,14-15H2,1-2H3. The number of fused-ring (bicyclic) bond motifs is 9. The number of hydrogen-bond acceptors (Lipinski definition) is 2. The lowest BCUT2D eigenvalue weighted by Crippen LogP contribution is -2.20. The molecule has 0 unspecified atom stereocenters. The highest BCUT2D eigenvalue weighted by Crippen LogP contribution is 2.59.